The molecule has 9 heteroatoms. The third-order valence-corrected chi connectivity index (χ3v) is 4.58. The minimum atomic E-state index is -0.994. The third kappa shape index (κ3) is 4.48. The quantitative estimate of drug-likeness (QED) is 0.607. The van der Waals surface area contributed by atoms with Crippen LogP contribution in [0.25, 0.3) is 0 Å². The van der Waals surface area contributed by atoms with Gasteiger partial charge in [-0.1, -0.05) is 12.1 Å². The summed E-state index contributed by atoms with van der Waals surface area (Å²) in [4.78, 5) is 36.0. The van der Waals surface area contributed by atoms with Gasteiger partial charge in [0.25, 0.3) is 0 Å². The van der Waals surface area contributed by atoms with Gasteiger partial charge in [0.05, 0.1) is 10.8 Å². The molecule has 28 heavy (non-hydrogen) atoms. The van der Waals surface area contributed by atoms with E-state index in [1.165, 1.54) is 18.2 Å². The summed E-state index contributed by atoms with van der Waals surface area (Å²) >= 11 is 0. The Morgan fingerprint density at radius 3 is 2.61 bits per heavy atom. The summed E-state index contributed by atoms with van der Waals surface area (Å²) in [5, 5.41) is 13.3. The van der Waals surface area contributed by atoms with Crippen molar-refractivity contribution in [2.75, 3.05) is 18.4 Å². The Balaban J connectivity index is 1.58. The number of carbonyl (C=O) groups excluding carboxylic acids is 2. The highest BCUT2D eigenvalue weighted by Gasteiger charge is 2.34. The number of likely N-dealkylation sites (tertiary alicyclic amines) is 1. The second-order valence-corrected chi connectivity index (χ2v) is 6.53. The summed E-state index contributed by atoms with van der Waals surface area (Å²) in [6.45, 7) is 0.616. The molecule has 1 fully saturated rings. The Bertz CT molecular complexity index is 918. The summed E-state index contributed by atoms with van der Waals surface area (Å²) in [5.41, 5.74) is 0.234. The Morgan fingerprint density at radius 1 is 1.21 bits per heavy atom. The molecule has 2 aromatic carbocycles. The van der Waals surface area contributed by atoms with E-state index in [1.54, 1.807) is 17.0 Å². The fraction of sp³-hybridized carbons (Fsp3) is 0.263. The molecule has 7 nitrogen and oxygen atoms in total. The Morgan fingerprint density at radius 2 is 1.93 bits per heavy atom. The number of nitrogens with one attached hydrogen (secondary N) is 1. The van der Waals surface area contributed by atoms with Crippen LogP contribution in [0, 0.1) is 27.7 Å². The second-order valence-electron chi connectivity index (χ2n) is 6.53. The van der Waals surface area contributed by atoms with Crippen LogP contribution in [0.3, 0.4) is 0 Å². The standard InChI is InChI=1S/C19H17F2N3O4/c20-14-3-1-12(2-4-14)7-8-23-11-13(9-18(23)25)19(26)22-15-5-6-16(21)17(10-15)24(27)28/h1-6,10,13H,7-9,11H2,(H,22,26). The molecule has 1 heterocycles. The van der Waals surface area contributed by atoms with Crippen molar-refractivity contribution in [1.82, 2.24) is 4.90 Å². The van der Waals surface area contributed by atoms with E-state index in [9.17, 15) is 28.5 Å². The van der Waals surface area contributed by atoms with Crippen molar-refractivity contribution in [1.29, 1.82) is 0 Å². The minimum absolute atomic E-state index is 0.0263. The second kappa shape index (κ2) is 8.12. The molecule has 1 atom stereocenters. The van der Waals surface area contributed by atoms with Gasteiger partial charge in [-0.25, -0.2) is 4.39 Å². The number of halogens is 2. The van der Waals surface area contributed by atoms with E-state index in [0.717, 1.165) is 17.7 Å². The van der Waals surface area contributed by atoms with Crippen molar-refractivity contribution in [3.63, 3.8) is 0 Å². The summed E-state index contributed by atoms with van der Waals surface area (Å²) < 4.78 is 26.3. The summed E-state index contributed by atoms with van der Waals surface area (Å²) in [6, 6.07) is 9.05. The normalized spacial score (nSPS) is 16.3. The lowest BCUT2D eigenvalue weighted by Gasteiger charge is -2.16. The number of hydrogen-bond acceptors (Lipinski definition) is 4. The van der Waals surface area contributed by atoms with E-state index < -0.39 is 28.3 Å². The van der Waals surface area contributed by atoms with E-state index in [-0.39, 0.29) is 30.4 Å². The predicted octanol–water partition coefficient (Wildman–Crippen LogP) is 2.90. The van der Waals surface area contributed by atoms with Crippen LogP contribution in [0.1, 0.15) is 12.0 Å². The Labute approximate surface area is 159 Å². The average molecular weight is 389 g/mol. The number of hydrogen-bond donors (Lipinski definition) is 1. The molecule has 1 aliphatic rings. The van der Waals surface area contributed by atoms with Crippen molar-refractivity contribution in [2.24, 2.45) is 5.92 Å². The average Bonchev–Trinajstić information content (AvgIpc) is 3.03. The van der Waals surface area contributed by atoms with Crippen molar-refractivity contribution < 1.29 is 23.3 Å². The van der Waals surface area contributed by atoms with Crippen LogP contribution in [0.4, 0.5) is 20.2 Å². The molecule has 2 aromatic rings. The van der Waals surface area contributed by atoms with Crippen LogP contribution in [0.5, 0.6) is 0 Å². The van der Waals surface area contributed by atoms with Gasteiger partial charge in [-0.3, -0.25) is 19.7 Å². The number of amides is 2. The van der Waals surface area contributed by atoms with Crippen LogP contribution >= 0.6 is 0 Å². The van der Waals surface area contributed by atoms with Crippen LogP contribution < -0.4 is 5.32 Å². The highest BCUT2D eigenvalue weighted by molar-refractivity contribution is 5.97. The number of nitro benzene ring substituents is 1. The van der Waals surface area contributed by atoms with Gasteiger partial charge < -0.3 is 10.2 Å². The zero-order chi connectivity index (χ0) is 20.3. The van der Waals surface area contributed by atoms with Crippen molar-refractivity contribution in [2.45, 2.75) is 12.8 Å². The molecule has 146 valence electrons. The molecule has 1 N–H and O–H groups in total. The van der Waals surface area contributed by atoms with Gasteiger partial charge in [0.2, 0.25) is 17.6 Å². The topological polar surface area (TPSA) is 92.5 Å². The number of nitro groups is 1. The maximum Gasteiger partial charge on any atom is 0.306 e. The van der Waals surface area contributed by atoms with Gasteiger partial charge in [0, 0.05) is 31.3 Å². The molecule has 1 aliphatic heterocycles. The van der Waals surface area contributed by atoms with E-state index in [1.807, 2.05) is 0 Å². The maximum absolute atomic E-state index is 13.4. The summed E-state index contributed by atoms with van der Waals surface area (Å²) in [6.07, 6.45) is 0.559. The smallest absolute Gasteiger partial charge is 0.306 e. The molecule has 2 amide bonds. The molecule has 1 unspecified atom stereocenters. The van der Waals surface area contributed by atoms with Gasteiger partial charge in [-0.05, 0) is 36.2 Å². The van der Waals surface area contributed by atoms with E-state index in [4.69, 9.17) is 0 Å². The van der Waals surface area contributed by atoms with Crippen molar-refractivity contribution in [3.8, 4) is 0 Å². The first-order valence-corrected chi connectivity index (χ1v) is 8.60. The van der Waals surface area contributed by atoms with Crippen LogP contribution in [0.2, 0.25) is 0 Å². The van der Waals surface area contributed by atoms with Gasteiger partial charge >= 0.3 is 5.69 Å². The van der Waals surface area contributed by atoms with Gasteiger partial charge in [0.1, 0.15) is 5.82 Å². The van der Waals surface area contributed by atoms with Crippen LogP contribution in [0.15, 0.2) is 42.5 Å². The highest BCUT2D eigenvalue weighted by Crippen LogP contribution is 2.24. The highest BCUT2D eigenvalue weighted by atomic mass is 19.1. The van der Waals surface area contributed by atoms with E-state index in [2.05, 4.69) is 5.32 Å². The fourth-order valence-electron chi connectivity index (χ4n) is 3.05. The largest absolute Gasteiger partial charge is 0.342 e. The van der Waals surface area contributed by atoms with Crippen LogP contribution in [-0.4, -0.2) is 34.7 Å². The molecule has 0 spiro atoms. The molecular formula is C19H17F2N3O4. The molecule has 0 bridgehead atoms. The first-order chi connectivity index (χ1) is 13.3. The first kappa shape index (κ1) is 19.4. The summed E-state index contributed by atoms with van der Waals surface area (Å²) in [5.74, 6) is -2.57. The minimum Gasteiger partial charge on any atom is -0.342 e. The molecule has 0 saturated carbocycles. The monoisotopic (exact) mass is 389 g/mol. The Kier molecular flexibility index (Phi) is 5.62. The Hall–Kier alpha value is -3.36. The van der Waals surface area contributed by atoms with E-state index in [0.29, 0.717) is 13.0 Å². The predicted molar refractivity (Wildman–Crippen MR) is 96.5 cm³/mol. The maximum atomic E-state index is 13.4. The van der Waals surface area contributed by atoms with Crippen molar-refractivity contribution in [3.05, 3.63) is 69.8 Å². The fourth-order valence-corrected chi connectivity index (χ4v) is 3.05. The number of benzene rings is 2. The SMILES string of the molecule is O=C(Nc1ccc(F)c([N+](=O)[O-])c1)C1CC(=O)N(CCc2ccc(F)cc2)C1. The first-order valence-electron chi connectivity index (χ1n) is 8.60. The zero-order valence-corrected chi connectivity index (χ0v) is 14.7. The number of nitrogens with zero attached hydrogens (tertiary/aromatic N) is 2. The zero-order valence-electron chi connectivity index (χ0n) is 14.7. The molecular weight excluding hydrogens is 372 g/mol. The molecule has 0 aliphatic carbocycles. The molecule has 1 saturated heterocycles. The third-order valence-electron chi connectivity index (χ3n) is 4.58. The molecule has 0 radical (unpaired) electrons. The van der Waals surface area contributed by atoms with Gasteiger partial charge in [-0.15, -0.1) is 0 Å². The summed E-state index contributed by atoms with van der Waals surface area (Å²) in [7, 11) is 0. The van der Waals surface area contributed by atoms with Gasteiger partial charge in [0.15, 0.2) is 0 Å². The lowest BCUT2D eigenvalue weighted by atomic mass is 10.1. The number of anilines is 1. The molecule has 3 rings (SSSR count). The lowest BCUT2D eigenvalue weighted by Crippen LogP contribution is -2.30. The van der Waals surface area contributed by atoms with Gasteiger partial charge in [-0.2, -0.15) is 4.39 Å². The van der Waals surface area contributed by atoms with Crippen molar-refractivity contribution >= 4 is 23.2 Å². The molecule has 0 aromatic heterocycles. The van der Waals surface area contributed by atoms with Crippen LogP contribution in [-0.2, 0) is 16.0 Å². The number of carbonyl (C=O) groups is 2. The van der Waals surface area contributed by atoms with E-state index >= 15 is 0 Å². The lowest BCUT2D eigenvalue weighted by molar-refractivity contribution is -0.387. The number of rotatable bonds is 6.